The monoisotopic (exact) mass is 292 g/mol. The van der Waals surface area contributed by atoms with Crippen molar-refractivity contribution in [3.63, 3.8) is 0 Å². The van der Waals surface area contributed by atoms with Gasteiger partial charge in [-0.25, -0.2) is 0 Å². The van der Waals surface area contributed by atoms with E-state index in [1.54, 1.807) is 11.8 Å². The molecule has 19 heavy (non-hydrogen) atoms. The highest BCUT2D eigenvalue weighted by molar-refractivity contribution is 7.99. The van der Waals surface area contributed by atoms with Crippen molar-refractivity contribution in [1.29, 1.82) is 0 Å². The standard InChI is InChI=1S/C13H13ClN4S/c1-2-19-13-16-15-12-9-17(6-7-18(12)13)11-5-3-4-10(14)8-11/h3-8H,2,9H2,1H3. The molecule has 2 aromatic rings. The summed E-state index contributed by atoms with van der Waals surface area (Å²) in [5.41, 5.74) is 1.06. The fourth-order valence-corrected chi connectivity index (χ4v) is 2.82. The van der Waals surface area contributed by atoms with E-state index in [4.69, 9.17) is 11.6 Å². The number of halogens is 1. The summed E-state index contributed by atoms with van der Waals surface area (Å²) in [6, 6.07) is 7.80. The fraction of sp³-hybridized carbons (Fsp3) is 0.231. The molecule has 0 N–H and O–H groups in total. The maximum absolute atomic E-state index is 6.02. The van der Waals surface area contributed by atoms with E-state index < -0.39 is 0 Å². The first kappa shape index (κ1) is 12.6. The Morgan fingerprint density at radius 2 is 2.21 bits per heavy atom. The molecule has 0 bridgehead atoms. The largest absolute Gasteiger partial charge is 0.339 e. The van der Waals surface area contributed by atoms with Crippen LogP contribution in [0.15, 0.2) is 35.6 Å². The van der Waals surface area contributed by atoms with Crippen molar-refractivity contribution in [3.05, 3.63) is 41.3 Å². The van der Waals surface area contributed by atoms with Crippen molar-refractivity contribution in [2.75, 3.05) is 10.7 Å². The number of rotatable bonds is 3. The Labute approximate surface area is 121 Å². The Hall–Kier alpha value is -1.46. The van der Waals surface area contributed by atoms with Gasteiger partial charge >= 0.3 is 0 Å². The number of thioether (sulfide) groups is 1. The SMILES string of the molecule is CCSc1nnc2n1C=CN(c1cccc(Cl)c1)C2. The maximum Gasteiger partial charge on any atom is 0.195 e. The molecule has 0 fully saturated rings. The highest BCUT2D eigenvalue weighted by atomic mass is 35.5. The van der Waals surface area contributed by atoms with Gasteiger partial charge in [0.2, 0.25) is 0 Å². The second-order valence-corrected chi connectivity index (χ2v) is 5.78. The molecule has 0 saturated carbocycles. The van der Waals surface area contributed by atoms with Crippen molar-refractivity contribution < 1.29 is 0 Å². The zero-order valence-corrected chi connectivity index (χ0v) is 12.0. The van der Waals surface area contributed by atoms with Gasteiger partial charge in [0.05, 0.1) is 6.54 Å². The van der Waals surface area contributed by atoms with Gasteiger partial charge in [0.25, 0.3) is 0 Å². The Kier molecular flexibility index (Phi) is 3.48. The van der Waals surface area contributed by atoms with Crippen molar-refractivity contribution in [2.24, 2.45) is 0 Å². The van der Waals surface area contributed by atoms with Crippen LogP contribution in [0.5, 0.6) is 0 Å². The molecule has 0 atom stereocenters. The lowest BCUT2D eigenvalue weighted by Crippen LogP contribution is -2.21. The van der Waals surface area contributed by atoms with Gasteiger partial charge in [0.15, 0.2) is 11.0 Å². The van der Waals surface area contributed by atoms with Crippen LogP contribution in [0.25, 0.3) is 6.20 Å². The van der Waals surface area contributed by atoms with Gasteiger partial charge in [-0.3, -0.25) is 4.57 Å². The van der Waals surface area contributed by atoms with Crippen LogP contribution < -0.4 is 4.90 Å². The van der Waals surface area contributed by atoms with Crippen LogP contribution in [-0.2, 0) is 6.54 Å². The Bertz CT molecular complexity index is 623. The molecule has 0 radical (unpaired) electrons. The van der Waals surface area contributed by atoms with E-state index in [-0.39, 0.29) is 0 Å². The van der Waals surface area contributed by atoms with Gasteiger partial charge in [-0.2, -0.15) is 0 Å². The minimum Gasteiger partial charge on any atom is -0.339 e. The lowest BCUT2D eigenvalue weighted by atomic mass is 10.3. The molecular weight excluding hydrogens is 280 g/mol. The van der Waals surface area contributed by atoms with Gasteiger partial charge in [-0.15, -0.1) is 10.2 Å². The molecule has 3 rings (SSSR count). The van der Waals surface area contributed by atoms with E-state index in [1.807, 2.05) is 41.2 Å². The summed E-state index contributed by atoms with van der Waals surface area (Å²) >= 11 is 7.72. The molecule has 1 aromatic heterocycles. The minimum absolute atomic E-state index is 0.702. The molecule has 6 heteroatoms. The van der Waals surface area contributed by atoms with Gasteiger partial charge in [-0.1, -0.05) is 36.4 Å². The third kappa shape index (κ3) is 2.48. The van der Waals surface area contributed by atoms with Crippen LogP contribution in [0.3, 0.4) is 0 Å². The second-order valence-electron chi connectivity index (χ2n) is 4.11. The number of anilines is 1. The second kappa shape index (κ2) is 5.27. The van der Waals surface area contributed by atoms with E-state index in [0.29, 0.717) is 6.54 Å². The lowest BCUT2D eigenvalue weighted by molar-refractivity contribution is 0.800. The fourth-order valence-electron chi connectivity index (χ4n) is 1.98. The van der Waals surface area contributed by atoms with Gasteiger partial charge in [0.1, 0.15) is 0 Å². The first-order valence-corrected chi connectivity index (χ1v) is 7.41. The zero-order valence-electron chi connectivity index (χ0n) is 10.5. The first-order chi connectivity index (χ1) is 9.28. The number of fused-ring (bicyclic) bond motifs is 1. The topological polar surface area (TPSA) is 34.0 Å². The van der Waals surface area contributed by atoms with Gasteiger partial charge in [0, 0.05) is 23.1 Å². The summed E-state index contributed by atoms with van der Waals surface area (Å²) in [5, 5.41) is 10.1. The molecule has 0 aliphatic carbocycles. The van der Waals surface area contributed by atoms with Gasteiger partial charge in [-0.05, 0) is 24.0 Å². The lowest BCUT2D eigenvalue weighted by Gasteiger charge is -2.23. The van der Waals surface area contributed by atoms with Crippen LogP contribution in [0, 0.1) is 0 Å². The Balaban J connectivity index is 1.88. The van der Waals surface area contributed by atoms with Crippen molar-refractivity contribution in [3.8, 4) is 0 Å². The van der Waals surface area contributed by atoms with Crippen LogP contribution in [-0.4, -0.2) is 20.5 Å². The molecule has 1 aliphatic heterocycles. The summed E-state index contributed by atoms with van der Waals surface area (Å²) < 4.78 is 2.04. The third-order valence-corrected chi connectivity index (χ3v) is 3.92. The van der Waals surface area contributed by atoms with E-state index in [9.17, 15) is 0 Å². The van der Waals surface area contributed by atoms with Gasteiger partial charge < -0.3 is 4.90 Å². The molecule has 0 spiro atoms. The smallest absolute Gasteiger partial charge is 0.195 e. The normalized spacial score (nSPS) is 13.7. The molecule has 1 aromatic carbocycles. The molecular formula is C13H13ClN4S. The van der Waals surface area contributed by atoms with Crippen molar-refractivity contribution in [2.45, 2.75) is 18.6 Å². The molecule has 2 heterocycles. The highest BCUT2D eigenvalue weighted by Crippen LogP contribution is 2.26. The summed E-state index contributed by atoms with van der Waals surface area (Å²) in [5.74, 6) is 1.93. The predicted octanol–water partition coefficient (Wildman–Crippen LogP) is 3.49. The molecule has 4 nitrogen and oxygen atoms in total. The highest BCUT2D eigenvalue weighted by Gasteiger charge is 2.17. The molecule has 1 aliphatic rings. The number of nitrogens with zero attached hydrogens (tertiary/aromatic N) is 4. The molecule has 0 amide bonds. The first-order valence-electron chi connectivity index (χ1n) is 6.05. The number of benzene rings is 1. The van der Waals surface area contributed by atoms with Crippen LogP contribution in [0.1, 0.15) is 12.7 Å². The number of hydrogen-bond donors (Lipinski definition) is 0. The average Bonchev–Trinajstić information content (AvgIpc) is 2.82. The summed E-state index contributed by atoms with van der Waals surface area (Å²) in [6.07, 6.45) is 4.03. The van der Waals surface area contributed by atoms with E-state index in [1.165, 1.54) is 0 Å². The maximum atomic E-state index is 6.02. The summed E-state index contributed by atoms with van der Waals surface area (Å²) in [7, 11) is 0. The predicted molar refractivity (Wildman–Crippen MR) is 79.4 cm³/mol. The molecule has 98 valence electrons. The molecule has 0 unspecified atom stereocenters. The summed E-state index contributed by atoms with van der Waals surface area (Å²) in [6.45, 7) is 2.81. The third-order valence-electron chi connectivity index (χ3n) is 2.86. The quantitative estimate of drug-likeness (QED) is 0.811. The van der Waals surface area contributed by atoms with Crippen molar-refractivity contribution in [1.82, 2.24) is 14.8 Å². The number of aromatic nitrogens is 3. The van der Waals surface area contributed by atoms with Crippen molar-refractivity contribution >= 4 is 35.3 Å². The Morgan fingerprint density at radius 3 is 3.00 bits per heavy atom. The zero-order chi connectivity index (χ0) is 13.2. The van der Waals surface area contributed by atoms with Crippen LogP contribution >= 0.6 is 23.4 Å². The molecule has 0 saturated heterocycles. The summed E-state index contributed by atoms with van der Waals surface area (Å²) in [4.78, 5) is 2.11. The van der Waals surface area contributed by atoms with Crippen LogP contribution in [0.2, 0.25) is 5.02 Å². The van der Waals surface area contributed by atoms with E-state index in [2.05, 4.69) is 22.0 Å². The van der Waals surface area contributed by atoms with E-state index in [0.717, 1.165) is 27.4 Å². The van der Waals surface area contributed by atoms with E-state index >= 15 is 0 Å². The van der Waals surface area contributed by atoms with Crippen LogP contribution in [0.4, 0.5) is 5.69 Å². The Morgan fingerprint density at radius 1 is 1.32 bits per heavy atom. The average molecular weight is 293 g/mol. The number of hydrogen-bond acceptors (Lipinski definition) is 4. The minimum atomic E-state index is 0.702.